The first kappa shape index (κ1) is 23.7. The van der Waals surface area contributed by atoms with Gasteiger partial charge in [-0.2, -0.15) is 5.26 Å². The molecule has 3 aromatic carbocycles. The zero-order valence-corrected chi connectivity index (χ0v) is 18.6. The Morgan fingerprint density at radius 1 is 0.909 bits per heavy atom. The Labute approximate surface area is 194 Å². The third-order valence-corrected chi connectivity index (χ3v) is 5.38. The molecule has 4 N–H and O–H groups in total. The van der Waals surface area contributed by atoms with Gasteiger partial charge in [-0.05, 0) is 29.2 Å². The van der Waals surface area contributed by atoms with Gasteiger partial charge in [0.1, 0.15) is 12.6 Å². The Morgan fingerprint density at radius 3 is 2.03 bits per heavy atom. The van der Waals surface area contributed by atoms with Gasteiger partial charge in [0.2, 0.25) is 11.8 Å². The van der Waals surface area contributed by atoms with E-state index in [1.807, 2.05) is 91.9 Å². The average Bonchev–Trinajstić information content (AvgIpc) is 2.83. The normalized spacial score (nSPS) is 11.5. The van der Waals surface area contributed by atoms with Crippen LogP contribution in [0, 0.1) is 18.3 Å². The Balaban J connectivity index is 1.91. The number of carbonyl (C=O) groups is 2. The highest BCUT2D eigenvalue weighted by Gasteiger charge is 2.28. The van der Waals surface area contributed by atoms with Crippen molar-refractivity contribution in [2.24, 2.45) is 5.73 Å². The standard InChI is InChI=1S/C27H28N4O2/c1-19-14-20(16-21(15-19)18-29)17-24(26(32)30-13-12-28)31-27(33)25(22-8-4-2-5-9-22)23-10-6-3-7-11-23/h2-11,14-16,24-25H,13,17-18,29H2,1H3,(H,30,32)(H,31,33). The molecule has 0 saturated heterocycles. The van der Waals surface area contributed by atoms with Gasteiger partial charge in [-0.25, -0.2) is 0 Å². The van der Waals surface area contributed by atoms with Crippen molar-refractivity contribution >= 4 is 11.8 Å². The minimum absolute atomic E-state index is 0.131. The van der Waals surface area contributed by atoms with Crippen molar-refractivity contribution in [1.29, 1.82) is 5.26 Å². The molecule has 0 aliphatic heterocycles. The highest BCUT2D eigenvalue weighted by molar-refractivity contribution is 5.92. The van der Waals surface area contributed by atoms with Gasteiger partial charge in [-0.15, -0.1) is 0 Å². The number of aryl methyl sites for hydroxylation is 1. The van der Waals surface area contributed by atoms with Gasteiger partial charge in [0.05, 0.1) is 12.0 Å². The highest BCUT2D eigenvalue weighted by Crippen LogP contribution is 2.25. The van der Waals surface area contributed by atoms with E-state index in [1.165, 1.54) is 0 Å². The molecular weight excluding hydrogens is 412 g/mol. The molecule has 6 nitrogen and oxygen atoms in total. The lowest BCUT2D eigenvalue weighted by Gasteiger charge is -2.23. The summed E-state index contributed by atoms with van der Waals surface area (Å²) in [5.41, 5.74) is 10.4. The Morgan fingerprint density at radius 2 is 1.48 bits per heavy atom. The van der Waals surface area contributed by atoms with E-state index in [1.54, 1.807) is 0 Å². The molecule has 6 heteroatoms. The second-order valence-electron chi connectivity index (χ2n) is 7.93. The summed E-state index contributed by atoms with van der Waals surface area (Å²) >= 11 is 0. The number of nitrogens with zero attached hydrogens (tertiary/aromatic N) is 1. The summed E-state index contributed by atoms with van der Waals surface area (Å²) in [6, 6.07) is 25.9. The number of hydrogen-bond acceptors (Lipinski definition) is 4. The maximum Gasteiger partial charge on any atom is 0.243 e. The Hall–Kier alpha value is -3.95. The van der Waals surface area contributed by atoms with Crippen LogP contribution in [0.2, 0.25) is 0 Å². The quantitative estimate of drug-likeness (QED) is 0.445. The van der Waals surface area contributed by atoms with Crippen molar-refractivity contribution in [3.63, 3.8) is 0 Å². The molecule has 0 fully saturated rings. The molecule has 3 rings (SSSR count). The van der Waals surface area contributed by atoms with Crippen molar-refractivity contribution in [1.82, 2.24) is 10.6 Å². The molecule has 0 heterocycles. The van der Waals surface area contributed by atoms with Gasteiger partial charge in [0, 0.05) is 13.0 Å². The number of nitriles is 1. The molecule has 33 heavy (non-hydrogen) atoms. The van der Waals surface area contributed by atoms with Gasteiger partial charge < -0.3 is 16.4 Å². The molecule has 0 aliphatic carbocycles. The van der Waals surface area contributed by atoms with Gasteiger partial charge >= 0.3 is 0 Å². The Bertz CT molecular complexity index is 1080. The van der Waals surface area contributed by atoms with Crippen molar-refractivity contribution in [3.05, 3.63) is 107 Å². The molecule has 0 spiro atoms. The lowest BCUT2D eigenvalue weighted by atomic mass is 9.90. The molecule has 168 valence electrons. The van der Waals surface area contributed by atoms with Crippen LogP contribution >= 0.6 is 0 Å². The highest BCUT2D eigenvalue weighted by atomic mass is 16.2. The summed E-state index contributed by atoms with van der Waals surface area (Å²) in [5, 5.41) is 14.4. The van der Waals surface area contributed by atoms with E-state index < -0.39 is 17.9 Å². The number of nitrogens with two attached hydrogens (primary N) is 1. The molecule has 0 radical (unpaired) electrons. The van der Waals surface area contributed by atoms with E-state index in [2.05, 4.69) is 10.6 Å². The van der Waals surface area contributed by atoms with Gasteiger partial charge in [0.15, 0.2) is 0 Å². The lowest BCUT2D eigenvalue weighted by Crippen LogP contribution is -2.49. The molecule has 1 atom stereocenters. The molecule has 0 saturated carbocycles. The van der Waals surface area contributed by atoms with E-state index in [-0.39, 0.29) is 18.9 Å². The van der Waals surface area contributed by atoms with Gasteiger partial charge in [-0.1, -0.05) is 84.4 Å². The minimum atomic E-state index is -0.840. The maximum absolute atomic E-state index is 13.5. The molecule has 0 bridgehead atoms. The van der Waals surface area contributed by atoms with Crippen LogP contribution in [0.25, 0.3) is 0 Å². The van der Waals surface area contributed by atoms with Gasteiger partial charge in [0.25, 0.3) is 0 Å². The number of nitrogens with one attached hydrogen (secondary N) is 2. The fourth-order valence-electron chi connectivity index (χ4n) is 3.92. The lowest BCUT2D eigenvalue weighted by molar-refractivity contribution is -0.129. The Kier molecular flexibility index (Phi) is 8.34. The number of benzene rings is 3. The van der Waals surface area contributed by atoms with Crippen LogP contribution in [-0.2, 0) is 22.6 Å². The van der Waals surface area contributed by atoms with Crippen LogP contribution < -0.4 is 16.4 Å². The summed E-state index contributed by atoms with van der Waals surface area (Å²) in [7, 11) is 0. The SMILES string of the molecule is Cc1cc(CN)cc(CC(NC(=O)C(c2ccccc2)c2ccccc2)C(=O)NCC#N)c1. The zero-order chi connectivity index (χ0) is 23.6. The minimum Gasteiger partial charge on any atom is -0.343 e. The van der Waals surface area contributed by atoms with Crippen molar-refractivity contribution < 1.29 is 9.59 Å². The second kappa shape index (κ2) is 11.6. The summed E-state index contributed by atoms with van der Waals surface area (Å²) in [5.74, 6) is -1.26. The van der Waals surface area contributed by atoms with Crippen molar-refractivity contribution in [3.8, 4) is 6.07 Å². The van der Waals surface area contributed by atoms with E-state index in [0.29, 0.717) is 6.54 Å². The van der Waals surface area contributed by atoms with Crippen LogP contribution in [0.3, 0.4) is 0 Å². The molecule has 0 aliphatic rings. The van der Waals surface area contributed by atoms with Crippen LogP contribution in [0.1, 0.15) is 33.7 Å². The second-order valence-corrected chi connectivity index (χ2v) is 7.93. The third kappa shape index (κ3) is 6.52. The molecule has 1 unspecified atom stereocenters. The van der Waals surface area contributed by atoms with E-state index in [4.69, 9.17) is 11.0 Å². The van der Waals surface area contributed by atoms with Crippen molar-refractivity contribution in [2.75, 3.05) is 6.54 Å². The van der Waals surface area contributed by atoms with Crippen molar-refractivity contribution in [2.45, 2.75) is 31.8 Å². The predicted octanol–water partition coefficient (Wildman–Crippen LogP) is 2.95. The summed E-state index contributed by atoms with van der Waals surface area (Å²) in [6.45, 7) is 2.22. The zero-order valence-electron chi connectivity index (χ0n) is 18.6. The predicted molar refractivity (Wildman–Crippen MR) is 128 cm³/mol. The first-order valence-corrected chi connectivity index (χ1v) is 10.9. The topological polar surface area (TPSA) is 108 Å². The first-order valence-electron chi connectivity index (χ1n) is 10.9. The first-order chi connectivity index (χ1) is 16.0. The molecule has 3 aromatic rings. The fraction of sp³-hybridized carbons (Fsp3) is 0.222. The average molecular weight is 441 g/mol. The number of rotatable bonds is 9. The van der Waals surface area contributed by atoms with Crippen LogP contribution in [0.5, 0.6) is 0 Å². The van der Waals surface area contributed by atoms with E-state index in [9.17, 15) is 9.59 Å². The summed E-state index contributed by atoms with van der Waals surface area (Å²) in [4.78, 5) is 26.4. The van der Waals surface area contributed by atoms with E-state index in [0.717, 1.165) is 27.8 Å². The number of hydrogen-bond donors (Lipinski definition) is 3. The monoisotopic (exact) mass is 440 g/mol. The summed E-state index contributed by atoms with van der Waals surface area (Å²) in [6.07, 6.45) is 0.286. The number of amides is 2. The fourth-order valence-corrected chi connectivity index (χ4v) is 3.92. The maximum atomic E-state index is 13.5. The van der Waals surface area contributed by atoms with Crippen LogP contribution in [0.4, 0.5) is 0 Å². The van der Waals surface area contributed by atoms with Gasteiger partial charge in [-0.3, -0.25) is 9.59 Å². The molecule has 0 aromatic heterocycles. The third-order valence-electron chi connectivity index (χ3n) is 5.38. The van der Waals surface area contributed by atoms with Crippen LogP contribution in [0.15, 0.2) is 78.9 Å². The largest absolute Gasteiger partial charge is 0.343 e. The smallest absolute Gasteiger partial charge is 0.243 e. The number of carbonyl (C=O) groups excluding carboxylic acids is 2. The van der Waals surface area contributed by atoms with Crippen LogP contribution in [-0.4, -0.2) is 24.4 Å². The molecular formula is C27H28N4O2. The molecule has 2 amide bonds. The van der Waals surface area contributed by atoms with E-state index >= 15 is 0 Å². The summed E-state index contributed by atoms with van der Waals surface area (Å²) < 4.78 is 0.